The van der Waals surface area contributed by atoms with Crippen LogP contribution in [0.2, 0.25) is 0 Å². The monoisotopic (exact) mass is 417 g/mol. The highest BCUT2D eigenvalue weighted by Crippen LogP contribution is 2.30. The van der Waals surface area contributed by atoms with Gasteiger partial charge in [-0.3, -0.25) is 4.90 Å². The highest BCUT2D eigenvalue weighted by atomic mass is 16.5. The summed E-state index contributed by atoms with van der Waals surface area (Å²) >= 11 is 0. The van der Waals surface area contributed by atoms with Gasteiger partial charge in [0, 0.05) is 26.2 Å². The van der Waals surface area contributed by atoms with Crippen LogP contribution in [0.25, 0.3) is 16.6 Å². The molecule has 160 valence electrons. The number of benzene rings is 2. The molecule has 1 aliphatic rings. The van der Waals surface area contributed by atoms with Crippen molar-refractivity contribution in [1.29, 1.82) is 5.26 Å². The first-order chi connectivity index (χ1) is 15.1. The lowest BCUT2D eigenvalue weighted by Gasteiger charge is -2.39. The van der Waals surface area contributed by atoms with Crippen molar-refractivity contribution in [2.24, 2.45) is 0 Å². The van der Waals surface area contributed by atoms with Crippen molar-refractivity contribution < 1.29 is 9.84 Å². The number of nitrogens with one attached hydrogen (secondary N) is 1. The minimum absolute atomic E-state index is 0.0460. The summed E-state index contributed by atoms with van der Waals surface area (Å²) in [6, 6.07) is 17.5. The zero-order chi connectivity index (χ0) is 21.8. The number of piperazine rings is 1. The number of aliphatic hydroxyl groups excluding tert-OH is 1. The van der Waals surface area contributed by atoms with Gasteiger partial charge in [0.25, 0.3) is 0 Å². The van der Waals surface area contributed by atoms with E-state index < -0.39 is 0 Å². The van der Waals surface area contributed by atoms with Gasteiger partial charge in [-0.05, 0) is 38.1 Å². The Morgan fingerprint density at radius 1 is 1.16 bits per heavy atom. The molecule has 0 radical (unpaired) electrons. The largest absolute Gasteiger partial charge is 0.509 e. The van der Waals surface area contributed by atoms with Gasteiger partial charge in [0.2, 0.25) is 0 Å². The summed E-state index contributed by atoms with van der Waals surface area (Å²) < 4.78 is 5.77. The molecule has 2 N–H and O–H groups in total. The van der Waals surface area contributed by atoms with Crippen LogP contribution in [0.5, 0.6) is 5.75 Å². The van der Waals surface area contributed by atoms with E-state index >= 15 is 0 Å². The molecule has 0 aliphatic carbocycles. The SMILES string of the molecule is CCOc1ccccc1N1CCN([C@@H](C)/C(O)=C(\C#N)c2nc3ccccc3[nH]2)CC1. The zero-order valence-corrected chi connectivity index (χ0v) is 17.9. The third kappa shape index (κ3) is 4.21. The van der Waals surface area contributed by atoms with Crippen molar-refractivity contribution in [3.63, 3.8) is 0 Å². The molecule has 1 fully saturated rings. The van der Waals surface area contributed by atoms with Crippen LogP contribution in [-0.2, 0) is 0 Å². The van der Waals surface area contributed by atoms with Gasteiger partial charge >= 0.3 is 0 Å². The van der Waals surface area contributed by atoms with Crippen LogP contribution in [0.15, 0.2) is 54.3 Å². The molecule has 31 heavy (non-hydrogen) atoms. The molecule has 0 bridgehead atoms. The second-order valence-corrected chi connectivity index (χ2v) is 7.57. The molecule has 7 nitrogen and oxygen atoms in total. The fourth-order valence-corrected chi connectivity index (χ4v) is 4.03. The molecule has 1 aromatic heterocycles. The van der Waals surface area contributed by atoms with E-state index in [0.29, 0.717) is 12.4 Å². The number of H-pyrrole nitrogens is 1. The van der Waals surface area contributed by atoms with Gasteiger partial charge < -0.3 is 19.7 Å². The van der Waals surface area contributed by atoms with E-state index in [4.69, 9.17) is 4.74 Å². The Kier molecular flexibility index (Phi) is 6.10. The summed E-state index contributed by atoms with van der Waals surface area (Å²) in [6.45, 7) is 7.71. The first kappa shape index (κ1) is 20.8. The zero-order valence-electron chi connectivity index (χ0n) is 17.9. The van der Waals surface area contributed by atoms with E-state index in [1.54, 1.807) is 0 Å². The maximum atomic E-state index is 10.9. The summed E-state index contributed by atoms with van der Waals surface area (Å²) in [5.41, 5.74) is 2.89. The van der Waals surface area contributed by atoms with Crippen molar-refractivity contribution in [3.8, 4) is 11.8 Å². The van der Waals surface area contributed by atoms with Gasteiger partial charge in [0.15, 0.2) is 5.82 Å². The molecule has 1 saturated heterocycles. The van der Waals surface area contributed by atoms with Crippen molar-refractivity contribution in [2.75, 3.05) is 37.7 Å². The molecule has 2 aromatic carbocycles. The molecule has 7 heteroatoms. The predicted molar refractivity (Wildman–Crippen MR) is 122 cm³/mol. The van der Waals surface area contributed by atoms with Gasteiger partial charge in [0.1, 0.15) is 23.2 Å². The molecule has 0 spiro atoms. The van der Waals surface area contributed by atoms with Gasteiger partial charge in [-0.1, -0.05) is 24.3 Å². The maximum Gasteiger partial charge on any atom is 0.152 e. The van der Waals surface area contributed by atoms with Crippen LogP contribution in [0.3, 0.4) is 0 Å². The molecule has 0 unspecified atom stereocenters. The number of aromatic nitrogens is 2. The van der Waals surface area contributed by atoms with Crippen molar-refractivity contribution in [2.45, 2.75) is 19.9 Å². The molecular formula is C24H27N5O2. The molecule has 0 saturated carbocycles. The average molecular weight is 418 g/mol. The molecule has 0 amide bonds. The Bertz CT molecular complexity index is 1090. The number of hydrogen-bond donors (Lipinski definition) is 2. The van der Waals surface area contributed by atoms with E-state index in [1.807, 2.05) is 56.3 Å². The van der Waals surface area contributed by atoms with Crippen molar-refractivity contribution in [3.05, 3.63) is 60.1 Å². The van der Waals surface area contributed by atoms with Gasteiger partial charge in [-0.15, -0.1) is 0 Å². The number of allylic oxidation sites excluding steroid dienone is 1. The number of anilines is 1. The summed E-state index contributed by atoms with van der Waals surface area (Å²) in [5.74, 6) is 1.34. The van der Waals surface area contributed by atoms with Crippen LogP contribution in [0.1, 0.15) is 19.7 Å². The Balaban J connectivity index is 1.50. The van der Waals surface area contributed by atoms with Crippen LogP contribution >= 0.6 is 0 Å². The second-order valence-electron chi connectivity index (χ2n) is 7.57. The van der Waals surface area contributed by atoms with Crippen LogP contribution < -0.4 is 9.64 Å². The summed E-state index contributed by atoms with van der Waals surface area (Å²) in [6.07, 6.45) is 0. The fraction of sp³-hybridized carbons (Fsp3) is 0.333. The summed E-state index contributed by atoms with van der Waals surface area (Å²) in [4.78, 5) is 12.1. The second kappa shape index (κ2) is 9.11. The Morgan fingerprint density at radius 3 is 2.58 bits per heavy atom. The van der Waals surface area contributed by atoms with Crippen LogP contribution in [0.4, 0.5) is 5.69 Å². The average Bonchev–Trinajstić information content (AvgIpc) is 3.23. The fourth-order valence-electron chi connectivity index (χ4n) is 4.03. The molecule has 2 heterocycles. The molecule has 1 aliphatic heterocycles. The first-order valence-electron chi connectivity index (χ1n) is 10.6. The quantitative estimate of drug-likeness (QED) is 0.466. The standard InChI is InChI=1S/C24H27N5O2/c1-3-31-22-11-7-6-10-21(22)29-14-12-28(13-15-29)17(2)23(30)18(16-25)24-26-19-8-4-5-9-20(19)27-24/h4-11,17,30H,3,12-15H2,1-2H3,(H,26,27)/b23-18-/t17-/m0/s1. The predicted octanol–water partition coefficient (Wildman–Crippen LogP) is 3.96. The van der Waals surface area contributed by atoms with E-state index in [2.05, 4.69) is 31.9 Å². The lowest BCUT2D eigenvalue weighted by atomic mass is 10.1. The highest BCUT2D eigenvalue weighted by molar-refractivity contribution is 5.83. The first-order valence-corrected chi connectivity index (χ1v) is 10.6. The van der Waals surface area contributed by atoms with Crippen LogP contribution in [0, 0.1) is 11.3 Å². The number of ether oxygens (including phenoxy) is 1. The molecule has 3 aromatic rings. The smallest absolute Gasteiger partial charge is 0.152 e. The van der Waals surface area contributed by atoms with Crippen molar-refractivity contribution >= 4 is 22.3 Å². The molecular weight excluding hydrogens is 390 g/mol. The third-order valence-corrected chi connectivity index (χ3v) is 5.76. The Morgan fingerprint density at radius 2 is 1.87 bits per heavy atom. The maximum absolute atomic E-state index is 10.9. The number of aliphatic hydroxyl groups is 1. The number of para-hydroxylation sites is 4. The Hall–Kier alpha value is -3.50. The summed E-state index contributed by atoms with van der Waals surface area (Å²) in [7, 11) is 0. The van der Waals surface area contributed by atoms with Gasteiger partial charge in [-0.25, -0.2) is 4.98 Å². The van der Waals surface area contributed by atoms with E-state index in [1.165, 1.54) is 0 Å². The lowest BCUT2D eigenvalue weighted by molar-refractivity contribution is 0.178. The number of fused-ring (bicyclic) bond motifs is 1. The number of nitriles is 1. The lowest BCUT2D eigenvalue weighted by Crippen LogP contribution is -2.50. The highest BCUT2D eigenvalue weighted by Gasteiger charge is 2.27. The topological polar surface area (TPSA) is 88.4 Å². The van der Waals surface area contributed by atoms with Crippen molar-refractivity contribution in [1.82, 2.24) is 14.9 Å². The molecule has 1 atom stereocenters. The van der Waals surface area contributed by atoms with E-state index in [9.17, 15) is 10.4 Å². The minimum Gasteiger partial charge on any atom is -0.509 e. The third-order valence-electron chi connectivity index (χ3n) is 5.76. The summed E-state index contributed by atoms with van der Waals surface area (Å²) in [5, 5.41) is 20.7. The number of nitrogens with zero attached hydrogens (tertiary/aromatic N) is 4. The number of hydrogen-bond acceptors (Lipinski definition) is 6. The van der Waals surface area contributed by atoms with E-state index in [-0.39, 0.29) is 17.4 Å². The Labute approximate surface area is 182 Å². The van der Waals surface area contributed by atoms with E-state index in [0.717, 1.165) is 48.6 Å². The van der Waals surface area contributed by atoms with Gasteiger partial charge in [0.05, 0.1) is 29.4 Å². The number of imidazole rings is 1. The molecule has 4 rings (SSSR count). The normalized spacial score (nSPS) is 16.6. The number of rotatable bonds is 6. The van der Waals surface area contributed by atoms with Crippen LogP contribution in [-0.4, -0.2) is 58.8 Å². The van der Waals surface area contributed by atoms with Gasteiger partial charge in [-0.2, -0.15) is 5.26 Å². The minimum atomic E-state index is -0.285. The number of aromatic amines is 1.